The molecule has 5 nitrogen and oxygen atoms in total. The van der Waals surface area contributed by atoms with E-state index in [4.69, 9.17) is 4.42 Å². The zero-order chi connectivity index (χ0) is 15.1. The summed E-state index contributed by atoms with van der Waals surface area (Å²) < 4.78 is 6.89. The molecule has 0 bridgehead atoms. The number of nitrogens with zero attached hydrogens (tertiary/aromatic N) is 1. The number of rotatable bonds is 2. The molecule has 0 spiro atoms. The molecule has 2 heterocycles. The van der Waals surface area contributed by atoms with Crippen molar-refractivity contribution in [1.82, 2.24) is 9.88 Å². The van der Waals surface area contributed by atoms with Gasteiger partial charge in [-0.15, -0.1) is 0 Å². The van der Waals surface area contributed by atoms with Crippen LogP contribution in [0.1, 0.15) is 44.2 Å². The molecular weight excluding hydrogens is 268 g/mol. The Labute approximate surface area is 122 Å². The first-order valence-corrected chi connectivity index (χ1v) is 7.11. The van der Waals surface area contributed by atoms with Gasteiger partial charge in [0.25, 0.3) is 0 Å². The van der Waals surface area contributed by atoms with E-state index in [2.05, 4.69) is 11.9 Å². The van der Waals surface area contributed by atoms with E-state index in [1.807, 2.05) is 32.0 Å². The number of piperidine rings is 1. The zero-order valence-electron chi connectivity index (χ0n) is 12.2. The number of hydrogen-bond acceptors (Lipinski definition) is 3. The van der Waals surface area contributed by atoms with Gasteiger partial charge in [-0.1, -0.05) is 32.6 Å². The number of fused-ring (bicyclic) bond motifs is 1. The van der Waals surface area contributed by atoms with Crippen LogP contribution in [0.15, 0.2) is 39.7 Å². The Morgan fingerprint density at radius 1 is 1.38 bits per heavy atom. The summed E-state index contributed by atoms with van der Waals surface area (Å²) in [6, 6.07) is 5.13. The topological polar surface area (TPSA) is 64.2 Å². The van der Waals surface area contributed by atoms with Crippen molar-refractivity contribution in [3.8, 4) is 0 Å². The van der Waals surface area contributed by atoms with Crippen LogP contribution in [0.25, 0.3) is 11.1 Å². The molecule has 3 rings (SSSR count). The Morgan fingerprint density at radius 3 is 2.81 bits per heavy atom. The van der Waals surface area contributed by atoms with Crippen molar-refractivity contribution >= 4 is 17.0 Å². The molecule has 2 aromatic rings. The molecule has 1 fully saturated rings. The summed E-state index contributed by atoms with van der Waals surface area (Å²) in [4.78, 5) is 24.4. The number of carbonyl (C=O) groups is 1. The van der Waals surface area contributed by atoms with Crippen LogP contribution in [0.5, 0.6) is 0 Å². The van der Waals surface area contributed by atoms with Gasteiger partial charge >= 0.3 is 5.76 Å². The second-order valence-corrected chi connectivity index (χ2v) is 5.74. The van der Waals surface area contributed by atoms with Gasteiger partial charge in [0.2, 0.25) is 5.91 Å². The first-order valence-electron chi connectivity index (χ1n) is 7.11. The molecule has 1 aromatic carbocycles. The number of nitrogens with one attached hydrogen (secondary N) is 1. The molecule has 1 aromatic heterocycles. The third kappa shape index (κ3) is 2.18. The number of para-hydroxylation sites is 1. The molecule has 1 N–H and O–H groups in total. The molecule has 0 saturated carbocycles. The predicted molar refractivity (Wildman–Crippen MR) is 80.1 cm³/mol. The molecule has 1 aliphatic rings. The number of hydrogen-bond donors (Lipinski definition) is 1. The van der Waals surface area contributed by atoms with Crippen LogP contribution in [0, 0.1) is 0 Å². The molecule has 21 heavy (non-hydrogen) atoms. The van der Waals surface area contributed by atoms with E-state index in [0.717, 1.165) is 5.56 Å². The minimum Gasteiger partial charge on any atom is -0.407 e. The highest BCUT2D eigenvalue weighted by molar-refractivity contribution is 5.86. The van der Waals surface area contributed by atoms with Crippen LogP contribution in [-0.2, 0) is 4.79 Å². The van der Waals surface area contributed by atoms with Gasteiger partial charge in [-0.2, -0.15) is 0 Å². The summed E-state index contributed by atoms with van der Waals surface area (Å²) in [5.74, 6) is -0.440. The lowest BCUT2D eigenvalue weighted by molar-refractivity contribution is -0.124. The third-order valence-electron chi connectivity index (χ3n) is 3.93. The van der Waals surface area contributed by atoms with Gasteiger partial charge in [-0.05, 0) is 30.4 Å². The second kappa shape index (κ2) is 4.91. The largest absolute Gasteiger partial charge is 0.420 e. The van der Waals surface area contributed by atoms with E-state index in [9.17, 15) is 9.59 Å². The average molecular weight is 286 g/mol. The molecule has 5 heteroatoms. The fraction of sp³-hybridized carbons (Fsp3) is 0.375. The fourth-order valence-corrected chi connectivity index (χ4v) is 2.84. The predicted octanol–water partition coefficient (Wildman–Crippen LogP) is 2.68. The van der Waals surface area contributed by atoms with Crippen molar-refractivity contribution in [2.24, 2.45) is 0 Å². The summed E-state index contributed by atoms with van der Waals surface area (Å²) in [5, 5.41) is 2.71. The van der Waals surface area contributed by atoms with Gasteiger partial charge in [-0.25, -0.2) is 4.79 Å². The maximum atomic E-state index is 12.2. The lowest BCUT2D eigenvalue weighted by Crippen LogP contribution is -2.39. The van der Waals surface area contributed by atoms with E-state index in [0.29, 0.717) is 29.6 Å². The maximum absolute atomic E-state index is 12.2. The molecule has 0 radical (unpaired) electrons. The Kier molecular flexibility index (Phi) is 3.20. The lowest BCUT2D eigenvalue weighted by Gasteiger charge is -2.23. The molecule has 1 amide bonds. The molecule has 0 aliphatic carbocycles. The highest BCUT2D eigenvalue weighted by Gasteiger charge is 2.29. The van der Waals surface area contributed by atoms with Crippen molar-refractivity contribution < 1.29 is 9.21 Å². The van der Waals surface area contributed by atoms with Crippen LogP contribution in [0.2, 0.25) is 0 Å². The van der Waals surface area contributed by atoms with Gasteiger partial charge < -0.3 is 9.73 Å². The van der Waals surface area contributed by atoms with Crippen molar-refractivity contribution in [2.45, 2.75) is 38.6 Å². The fourth-order valence-electron chi connectivity index (χ4n) is 2.84. The van der Waals surface area contributed by atoms with Crippen molar-refractivity contribution in [1.29, 1.82) is 0 Å². The molecular formula is C16H18N2O3. The SMILES string of the molecule is C=C1CC[C@H](n2c(=O)oc3c(C(C)C)cccc32)C(=O)N1. The van der Waals surface area contributed by atoms with Gasteiger partial charge in [0, 0.05) is 5.70 Å². The maximum Gasteiger partial charge on any atom is 0.420 e. The van der Waals surface area contributed by atoms with Gasteiger partial charge in [-0.3, -0.25) is 9.36 Å². The number of oxazole rings is 1. The number of aromatic nitrogens is 1. The summed E-state index contributed by atoms with van der Waals surface area (Å²) in [6.45, 7) is 7.85. The van der Waals surface area contributed by atoms with E-state index in [1.165, 1.54) is 4.57 Å². The first kappa shape index (κ1) is 13.7. The Hall–Kier alpha value is -2.30. The number of benzene rings is 1. The lowest BCUT2D eigenvalue weighted by atomic mass is 10.0. The molecule has 0 unspecified atom stereocenters. The van der Waals surface area contributed by atoms with E-state index < -0.39 is 11.8 Å². The van der Waals surface area contributed by atoms with E-state index in [-0.39, 0.29) is 11.8 Å². The average Bonchev–Trinajstić information content (AvgIpc) is 2.74. The smallest absolute Gasteiger partial charge is 0.407 e. The summed E-state index contributed by atoms with van der Waals surface area (Å²) in [6.07, 6.45) is 1.23. The summed E-state index contributed by atoms with van der Waals surface area (Å²) in [7, 11) is 0. The van der Waals surface area contributed by atoms with Crippen molar-refractivity contribution in [3.05, 3.63) is 46.6 Å². The molecule has 110 valence electrons. The first-order chi connectivity index (χ1) is 9.99. The minimum absolute atomic E-state index is 0.203. The second-order valence-electron chi connectivity index (χ2n) is 5.74. The van der Waals surface area contributed by atoms with E-state index in [1.54, 1.807) is 0 Å². The zero-order valence-corrected chi connectivity index (χ0v) is 12.2. The summed E-state index contributed by atoms with van der Waals surface area (Å²) in [5.41, 5.74) is 2.93. The Balaban J connectivity index is 2.18. The van der Waals surface area contributed by atoms with Crippen molar-refractivity contribution in [3.63, 3.8) is 0 Å². The summed E-state index contributed by atoms with van der Waals surface area (Å²) >= 11 is 0. The molecule has 1 saturated heterocycles. The van der Waals surface area contributed by atoms with Gasteiger partial charge in [0.05, 0.1) is 5.52 Å². The van der Waals surface area contributed by atoms with Crippen LogP contribution in [0.4, 0.5) is 0 Å². The van der Waals surface area contributed by atoms with Crippen LogP contribution >= 0.6 is 0 Å². The molecule has 1 aliphatic heterocycles. The van der Waals surface area contributed by atoms with Gasteiger partial charge in [0.1, 0.15) is 6.04 Å². The Morgan fingerprint density at radius 2 is 2.14 bits per heavy atom. The number of carbonyl (C=O) groups excluding carboxylic acids is 1. The van der Waals surface area contributed by atoms with E-state index >= 15 is 0 Å². The monoisotopic (exact) mass is 286 g/mol. The standard InChI is InChI=1S/C16H18N2O3/c1-9(2)11-5-4-6-12-14(11)21-16(20)18(12)13-8-7-10(3)17-15(13)19/h4-6,9,13H,3,7-8H2,1-2H3,(H,17,19)/t13-/m0/s1. The minimum atomic E-state index is -0.535. The highest BCUT2D eigenvalue weighted by Crippen LogP contribution is 2.29. The quantitative estimate of drug-likeness (QED) is 0.923. The normalized spacial score (nSPS) is 19.3. The van der Waals surface area contributed by atoms with Crippen LogP contribution in [-0.4, -0.2) is 10.5 Å². The number of allylic oxidation sites excluding steroid dienone is 1. The van der Waals surface area contributed by atoms with Gasteiger partial charge in [0.15, 0.2) is 5.58 Å². The third-order valence-corrected chi connectivity index (χ3v) is 3.93. The van der Waals surface area contributed by atoms with Crippen molar-refractivity contribution in [2.75, 3.05) is 0 Å². The Bertz CT molecular complexity index is 782. The highest BCUT2D eigenvalue weighted by atomic mass is 16.4. The van der Waals surface area contributed by atoms with Crippen LogP contribution in [0.3, 0.4) is 0 Å². The van der Waals surface area contributed by atoms with Crippen LogP contribution < -0.4 is 11.1 Å². The number of amides is 1. The molecule has 1 atom stereocenters.